The van der Waals surface area contributed by atoms with E-state index >= 15 is 0 Å². The second kappa shape index (κ2) is 5.96. The standard InChI is InChI=1S/C12H19ClN4O3S/c1-9(2)17-8-10(13)7-11(17)12(18)15-3-5-16(6-4-15)21(14,19)20/h7-9H,3-6H2,1-2H3,(H2,14,19,20). The number of nitrogens with two attached hydrogens (primary N) is 1. The largest absolute Gasteiger partial charge is 0.339 e. The Morgan fingerprint density at radius 3 is 2.33 bits per heavy atom. The topological polar surface area (TPSA) is 88.6 Å². The van der Waals surface area contributed by atoms with Crippen molar-refractivity contribution in [2.45, 2.75) is 19.9 Å². The molecule has 0 bridgehead atoms. The lowest BCUT2D eigenvalue weighted by molar-refractivity contribution is 0.0685. The van der Waals surface area contributed by atoms with E-state index in [1.165, 1.54) is 4.31 Å². The fourth-order valence-corrected chi connectivity index (χ4v) is 3.23. The van der Waals surface area contributed by atoms with Crippen molar-refractivity contribution in [2.75, 3.05) is 26.2 Å². The molecule has 0 atom stereocenters. The predicted octanol–water partition coefficient (Wildman–Crippen LogP) is 0.684. The van der Waals surface area contributed by atoms with Crippen molar-refractivity contribution in [3.63, 3.8) is 0 Å². The van der Waals surface area contributed by atoms with E-state index in [1.807, 2.05) is 18.4 Å². The van der Waals surface area contributed by atoms with Crippen LogP contribution in [0.2, 0.25) is 5.02 Å². The molecule has 2 N–H and O–H groups in total. The first-order valence-corrected chi connectivity index (χ1v) is 8.53. The van der Waals surface area contributed by atoms with Crippen LogP contribution in [-0.4, -0.2) is 54.3 Å². The van der Waals surface area contributed by atoms with Gasteiger partial charge < -0.3 is 9.47 Å². The lowest BCUT2D eigenvalue weighted by Crippen LogP contribution is -2.52. The van der Waals surface area contributed by atoms with Crippen LogP contribution in [0.15, 0.2) is 12.3 Å². The summed E-state index contributed by atoms with van der Waals surface area (Å²) in [7, 11) is -3.69. The SMILES string of the molecule is CC(C)n1cc(Cl)cc1C(=O)N1CCN(S(N)(=O)=O)CC1. The molecule has 0 unspecified atom stereocenters. The summed E-state index contributed by atoms with van der Waals surface area (Å²) in [5.74, 6) is -0.148. The lowest BCUT2D eigenvalue weighted by atomic mass is 10.3. The minimum Gasteiger partial charge on any atom is -0.339 e. The molecule has 1 aromatic heterocycles. The number of rotatable bonds is 3. The molecule has 0 aliphatic carbocycles. The second-order valence-electron chi connectivity index (χ2n) is 5.28. The Labute approximate surface area is 129 Å². The van der Waals surface area contributed by atoms with Gasteiger partial charge >= 0.3 is 0 Å². The molecule has 0 radical (unpaired) electrons. The molecule has 0 saturated carbocycles. The quantitative estimate of drug-likeness (QED) is 0.881. The third-order valence-electron chi connectivity index (χ3n) is 3.48. The highest BCUT2D eigenvalue weighted by molar-refractivity contribution is 7.86. The summed E-state index contributed by atoms with van der Waals surface area (Å²) in [5, 5.41) is 5.59. The summed E-state index contributed by atoms with van der Waals surface area (Å²) >= 11 is 5.98. The van der Waals surface area contributed by atoms with Gasteiger partial charge in [-0.25, -0.2) is 5.14 Å². The van der Waals surface area contributed by atoms with Crippen LogP contribution in [0.25, 0.3) is 0 Å². The summed E-state index contributed by atoms with van der Waals surface area (Å²) in [6, 6.07) is 1.75. The summed E-state index contributed by atoms with van der Waals surface area (Å²) < 4.78 is 25.5. The molecule has 1 aliphatic rings. The third kappa shape index (κ3) is 3.57. The minimum absolute atomic E-state index is 0.113. The van der Waals surface area contributed by atoms with Gasteiger partial charge in [0.15, 0.2) is 0 Å². The molecule has 2 heterocycles. The number of amides is 1. The fourth-order valence-electron chi connectivity index (χ4n) is 2.35. The van der Waals surface area contributed by atoms with Crippen molar-refractivity contribution in [1.29, 1.82) is 0 Å². The number of piperazine rings is 1. The zero-order valence-electron chi connectivity index (χ0n) is 12.0. The normalized spacial score (nSPS) is 17.5. The molecule has 1 amide bonds. The zero-order valence-corrected chi connectivity index (χ0v) is 13.6. The van der Waals surface area contributed by atoms with E-state index in [0.29, 0.717) is 23.8 Å². The number of aromatic nitrogens is 1. The van der Waals surface area contributed by atoms with Crippen LogP contribution in [-0.2, 0) is 10.2 Å². The van der Waals surface area contributed by atoms with Crippen LogP contribution < -0.4 is 5.14 Å². The number of nitrogens with zero attached hydrogens (tertiary/aromatic N) is 3. The van der Waals surface area contributed by atoms with Crippen molar-refractivity contribution in [2.24, 2.45) is 5.14 Å². The average molecular weight is 335 g/mol. The van der Waals surface area contributed by atoms with Crippen LogP contribution >= 0.6 is 11.6 Å². The van der Waals surface area contributed by atoms with Crippen LogP contribution in [0.4, 0.5) is 0 Å². The Bertz CT molecular complexity index is 633. The first-order chi connectivity index (χ1) is 9.70. The molecule has 1 fully saturated rings. The number of carbonyl (C=O) groups excluding carboxylic acids is 1. The van der Waals surface area contributed by atoms with Crippen LogP contribution in [0.1, 0.15) is 30.4 Å². The number of hydrogen-bond acceptors (Lipinski definition) is 3. The van der Waals surface area contributed by atoms with Crippen molar-refractivity contribution in [1.82, 2.24) is 13.8 Å². The fraction of sp³-hybridized carbons (Fsp3) is 0.583. The van der Waals surface area contributed by atoms with Gasteiger partial charge in [-0.3, -0.25) is 4.79 Å². The van der Waals surface area contributed by atoms with E-state index in [1.54, 1.807) is 17.2 Å². The Kier molecular flexibility index (Phi) is 4.62. The zero-order chi connectivity index (χ0) is 15.8. The van der Waals surface area contributed by atoms with Gasteiger partial charge in [-0.05, 0) is 19.9 Å². The Hall–Kier alpha value is -1.09. The molecule has 1 aromatic rings. The van der Waals surface area contributed by atoms with Gasteiger partial charge in [0, 0.05) is 38.4 Å². The Morgan fingerprint density at radius 2 is 1.86 bits per heavy atom. The highest BCUT2D eigenvalue weighted by Gasteiger charge is 2.28. The predicted molar refractivity (Wildman–Crippen MR) is 80.4 cm³/mol. The van der Waals surface area contributed by atoms with Crippen molar-refractivity contribution in [3.8, 4) is 0 Å². The molecule has 21 heavy (non-hydrogen) atoms. The highest BCUT2D eigenvalue weighted by atomic mass is 35.5. The summed E-state index contributed by atoms with van der Waals surface area (Å²) in [4.78, 5) is 14.2. The smallest absolute Gasteiger partial charge is 0.277 e. The van der Waals surface area contributed by atoms with E-state index in [2.05, 4.69) is 0 Å². The first kappa shape index (κ1) is 16.3. The van der Waals surface area contributed by atoms with E-state index in [-0.39, 0.29) is 25.0 Å². The monoisotopic (exact) mass is 334 g/mol. The van der Waals surface area contributed by atoms with Crippen LogP contribution in [0.3, 0.4) is 0 Å². The van der Waals surface area contributed by atoms with Crippen LogP contribution in [0, 0.1) is 0 Å². The van der Waals surface area contributed by atoms with Gasteiger partial charge in [0.05, 0.1) is 5.02 Å². The maximum Gasteiger partial charge on any atom is 0.277 e. The molecule has 1 saturated heterocycles. The van der Waals surface area contributed by atoms with Gasteiger partial charge in [0.2, 0.25) is 0 Å². The van der Waals surface area contributed by atoms with Gasteiger partial charge in [-0.2, -0.15) is 12.7 Å². The van der Waals surface area contributed by atoms with E-state index in [4.69, 9.17) is 16.7 Å². The van der Waals surface area contributed by atoms with Crippen LogP contribution in [0.5, 0.6) is 0 Å². The third-order valence-corrected chi connectivity index (χ3v) is 4.77. The molecule has 9 heteroatoms. The molecule has 118 valence electrons. The number of halogens is 1. The van der Waals surface area contributed by atoms with E-state index in [0.717, 1.165) is 0 Å². The van der Waals surface area contributed by atoms with Gasteiger partial charge in [-0.15, -0.1) is 0 Å². The maximum absolute atomic E-state index is 12.5. The summed E-state index contributed by atoms with van der Waals surface area (Å²) in [5.41, 5.74) is 0.513. The lowest BCUT2D eigenvalue weighted by Gasteiger charge is -2.33. The molecule has 0 aromatic carbocycles. The van der Waals surface area contributed by atoms with Gasteiger partial charge in [-0.1, -0.05) is 11.6 Å². The maximum atomic E-state index is 12.5. The second-order valence-corrected chi connectivity index (χ2v) is 7.26. The molecule has 7 nitrogen and oxygen atoms in total. The minimum atomic E-state index is -3.69. The summed E-state index contributed by atoms with van der Waals surface area (Å²) in [6.07, 6.45) is 1.72. The van der Waals surface area contributed by atoms with Crippen molar-refractivity contribution >= 4 is 27.7 Å². The Morgan fingerprint density at radius 1 is 1.29 bits per heavy atom. The van der Waals surface area contributed by atoms with E-state index in [9.17, 15) is 13.2 Å². The molecule has 2 rings (SSSR count). The van der Waals surface area contributed by atoms with Gasteiger partial charge in [0.25, 0.3) is 16.1 Å². The highest BCUT2D eigenvalue weighted by Crippen LogP contribution is 2.21. The van der Waals surface area contributed by atoms with Crippen molar-refractivity contribution in [3.05, 3.63) is 23.0 Å². The molecule has 0 spiro atoms. The van der Waals surface area contributed by atoms with E-state index < -0.39 is 10.2 Å². The first-order valence-electron chi connectivity index (χ1n) is 6.64. The number of hydrogen-bond donors (Lipinski definition) is 1. The number of carbonyl (C=O) groups is 1. The molecular weight excluding hydrogens is 316 g/mol. The average Bonchev–Trinajstić information content (AvgIpc) is 2.79. The molecular formula is C12H19ClN4O3S. The van der Waals surface area contributed by atoms with Gasteiger partial charge in [0.1, 0.15) is 5.69 Å². The summed E-state index contributed by atoms with van der Waals surface area (Å²) in [6.45, 7) is 4.98. The molecule has 1 aliphatic heterocycles. The Balaban J connectivity index is 2.13. The van der Waals surface area contributed by atoms with Crippen molar-refractivity contribution < 1.29 is 13.2 Å².